The van der Waals surface area contributed by atoms with Crippen LogP contribution in [0.4, 0.5) is 10.5 Å². The molecule has 0 bridgehead atoms. The summed E-state index contributed by atoms with van der Waals surface area (Å²) in [6.45, 7) is 2.87. The highest BCUT2D eigenvalue weighted by Crippen LogP contribution is 2.39. The lowest BCUT2D eigenvalue weighted by Gasteiger charge is -2.34. The summed E-state index contributed by atoms with van der Waals surface area (Å²) in [7, 11) is 0. The van der Waals surface area contributed by atoms with E-state index in [9.17, 15) is 9.59 Å². The summed E-state index contributed by atoms with van der Waals surface area (Å²) in [5, 5.41) is 6.25. The lowest BCUT2D eigenvalue weighted by atomic mass is 9.82. The molecule has 1 aliphatic heterocycles. The summed E-state index contributed by atoms with van der Waals surface area (Å²) in [6.07, 6.45) is 6.24. The molecule has 0 saturated heterocycles. The second-order valence-corrected chi connectivity index (χ2v) is 7.51. The van der Waals surface area contributed by atoms with Gasteiger partial charge in [0.1, 0.15) is 11.9 Å². The van der Waals surface area contributed by atoms with Gasteiger partial charge in [0.25, 0.3) is 0 Å². The molecule has 1 heterocycles. The molecule has 7 heteroatoms. The molecule has 148 valence electrons. The van der Waals surface area contributed by atoms with Crippen molar-refractivity contribution in [2.24, 2.45) is 5.92 Å². The molecule has 3 rings (SSSR count). The molecule has 0 unspecified atom stereocenters. The summed E-state index contributed by atoms with van der Waals surface area (Å²) in [6, 6.07) is 3.36. The molecule has 0 spiro atoms. The van der Waals surface area contributed by atoms with Crippen molar-refractivity contribution < 1.29 is 19.1 Å². The molecule has 1 aromatic carbocycles. The van der Waals surface area contributed by atoms with Crippen molar-refractivity contribution in [3.05, 3.63) is 22.7 Å². The van der Waals surface area contributed by atoms with Crippen LogP contribution in [0.2, 0.25) is 5.02 Å². The Hall–Kier alpha value is -1.95. The van der Waals surface area contributed by atoms with Gasteiger partial charge in [-0.1, -0.05) is 24.4 Å². The highest BCUT2D eigenvalue weighted by atomic mass is 35.5. The number of nitrogens with one attached hydrogen (secondary N) is 2. The number of carbonyl (C=O) groups excluding carboxylic acids is 2. The summed E-state index contributed by atoms with van der Waals surface area (Å²) >= 11 is 6.36. The van der Waals surface area contributed by atoms with Crippen LogP contribution in [0.25, 0.3) is 0 Å². The fraction of sp³-hybridized carbons (Fsp3) is 0.600. The van der Waals surface area contributed by atoms with Crippen LogP contribution < -0.4 is 15.4 Å². The van der Waals surface area contributed by atoms with E-state index in [2.05, 4.69) is 10.6 Å². The Balaban J connectivity index is 1.73. The Morgan fingerprint density at radius 1 is 1.22 bits per heavy atom. The molecular weight excluding hydrogens is 368 g/mol. The third-order valence-electron chi connectivity index (χ3n) is 5.11. The Morgan fingerprint density at radius 2 is 2.00 bits per heavy atom. The van der Waals surface area contributed by atoms with E-state index in [1.54, 1.807) is 6.07 Å². The van der Waals surface area contributed by atoms with Gasteiger partial charge < -0.3 is 20.1 Å². The number of urea groups is 1. The molecule has 6 nitrogen and oxygen atoms in total. The van der Waals surface area contributed by atoms with Gasteiger partial charge in [-0.05, 0) is 51.2 Å². The Bertz CT molecular complexity index is 689. The van der Waals surface area contributed by atoms with Gasteiger partial charge in [0.2, 0.25) is 0 Å². The van der Waals surface area contributed by atoms with E-state index in [-0.39, 0.29) is 24.0 Å². The second kappa shape index (κ2) is 9.31. The van der Waals surface area contributed by atoms with Gasteiger partial charge in [0.15, 0.2) is 0 Å². The van der Waals surface area contributed by atoms with Crippen LogP contribution in [0.5, 0.6) is 5.75 Å². The number of halogens is 1. The number of esters is 1. The van der Waals surface area contributed by atoms with Gasteiger partial charge in [0, 0.05) is 12.1 Å². The Morgan fingerprint density at radius 3 is 2.78 bits per heavy atom. The zero-order chi connectivity index (χ0) is 19.2. The van der Waals surface area contributed by atoms with E-state index in [0.29, 0.717) is 36.7 Å². The molecular formula is C20H27ClN2O4. The summed E-state index contributed by atoms with van der Waals surface area (Å²) < 4.78 is 11.2. The molecule has 0 atom stereocenters. The van der Waals surface area contributed by atoms with E-state index in [4.69, 9.17) is 21.1 Å². The first kappa shape index (κ1) is 19.8. The highest BCUT2D eigenvalue weighted by molar-refractivity contribution is 6.34. The second-order valence-electron chi connectivity index (χ2n) is 7.10. The zero-order valence-electron chi connectivity index (χ0n) is 15.7. The fourth-order valence-electron chi connectivity index (χ4n) is 3.53. The average Bonchev–Trinajstić information content (AvgIpc) is 2.64. The molecule has 0 radical (unpaired) electrons. The summed E-state index contributed by atoms with van der Waals surface area (Å²) in [5.41, 5.74) is 1.55. The molecule has 2 aliphatic rings. The maximum Gasteiger partial charge on any atom is 0.319 e. The highest BCUT2D eigenvalue weighted by Gasteiger charge is 2.37. The van der Waals surface area contributed by atoms with Gasteiger partial charge in [-0.15, -0.1) is 0 Å². The number of ether oxygens (including phenoxy) is 2. The van der Waals surface area contributed by atoms with Crippen LogP contribution in [-0.4, -0.2) is 31.3 Å². The SMILES string of the molecule is CCOC(=O)C1CC(Oc2ccc(Cl)c3c2CCCCCCNC(=O)N3)C1. The van der Waals surface area contributed by atoms with Crippen LogP contribution in [0.15, 0.2) is 12.1 Å². The van der Waals surface area contributed by atoms with Crippen molar-refractivity contribution in [3.8, 4) is 5.75 Å². The van der Waals surface area contributed by atoms with Crippen molar-refractivity contribution in [1.29, 1.82) is 0 Å². The minimum absolute atomic E-state index is 0.0170. The first-order chi connectivity index (χ1) is 13.1. The predicted molar refractivity (Wildman–Crippen MR) is 104 cm³/mol. The average molecular weight is 395 g/mol. The van der Waals surface area contributed by atoms with E-state index in [0.717, 1.165) is 43.4 Å². The minimum atomic E-state index is -0.247. The van der Waals surface area contributed by atoms with Gasteiger partial charge in [-0.2, -0.15) is 0 Å². The van der Waals surface area contributed by atoms with Crippen molar-refractivity contribution >= 4 is 29.3 Å². The molecule has 1 fully saturated rings. The van der Waals surface area contributed by atoms with E-state index in [1.807, 2.05) is 13.0 Å². The lowest BCUT2D eigenvalue weighted by molar-refractivity contribution is -0.154. The summed E-state index contributed by atoms with van der Waals surface area (Å²) in [5.74, 6) is 0.510. The van der Waals surface area contributed by atoms with Crippen molar-refractivity contribution in [3.63, 3.8) is 0 Å². The Kier molecular flexibility index (Phi) is 6.83. The van der Waals surface area contributed by atoms with E-state index < -0.39 is 0 Å². The van der Waals surface area contributed by atoms with Crippen molar-refractivity contribution in [1.82, 2.24) is 5.32 Å². The molecule has 1 aromatic rings. The number of rotatable bonds is 4. The largest absolute Gasteiger partial charge is 0.490 e. The van der Waals surface area contributed by atoms with Gasteiger partial charge in [0.05, 0.1) is 23.2 Å². The maximum atomic E-state index is 12.1. The molecule has 1 aliphatic carbocycles. The first-order valence-corrected chi connectivity index (χ1v) is 10.2. The van der Waals surface area contributed by atoms with E-state index >= 15 is 0 Å². The maximum absolute atomic E-state index is 12.1. The molecule has 2 N–H and O–H groups in total. The van der Waals surface area contributed by atoms with Gasteiger partial charge in [-0.3, -0.25) is 4.79 Å². The molecule has 27 heavy (non-hydrogen) atoms. The number of amides is 2. The fourth-order valence-corrected chi connectivity index (χ4v) is 3.75. The first-order valence-electron chi connectivity index (χ1n) is 9.78. The third kappa shape index (κ3) is 5.06. The number of hydrogen-bond acceptors (Lipinski definition) is 4. The third-order valence-corrected chi connectivity index (χ3v) is 5.42. The van der Waals surface area contributed by atoms with Crippen molar-refractivity contribution in [2.45, 2.75) is 58.0 Å². The Labute approximate surface area is 164 Å². The number of carbonyl (C=O) groups is 2. The molecule has 1 saturated carbocycles. The molecule has 2 amide bonds. The van der Waals surface area contributed by atoms with Gasteiger partial charge in [-0.25, -0.2) is 4.79 Å². The van der Waals surface area contributed by atoms with Crippen LogP contribution in [-0.2, 0) is 16.0 Å². The zero-order valence-corrected chi connectivity index (χ0v) is 16.4. The lowest BCUT2D eigenvalue weighted by Crippen LogP contribution is -2.39. The smallest absolute Gasteiger partial charge is 0.319 e. The van der Waals surface area contributed by atoms with Crippen LogP contribution >= 0.6 is 11.6 Å². The number of hydrogen-bond donors (Lipinski definition) is 2. The quantitative estimate of drug-likeness (QED) is 0.746. The van der Waals surface area contributed by atoms with Gasteiger partial charge >= 0.3 is 12.0 Å². The predicted octanol–water partition coefficient (Wildman–Crippen LogP) is 4.30. The number of fused-ring (bicyclic) bond motifs is 1. The standard InChI is InChI=1S/C20H27ClN2O4/c1-2-26-19(24)13-11-14(12-13)27-17-9-8-16(21)18-15(17)7-5-3-4-6-10-22-20(25)23-18/h8-9,13-14H,2-7,10-12H2,1H3,(H2,22,23,25). The number of anilines is 1. The van der Waals surface area contributed by atoms with Crippen LogP contribution in [0, 0.1) is 5.92 Å². The monoisotopic (exact) mass is 394 g/mol. The topological polar surface area (TPSA) is 76.7 Å². The normalized spacial score (nSPS) is 23.0. The summed E-state index contributed by atoms with van der Waals surface area (Å²) in [4.78, 5) is 23.9. The number of benzene rings is 1. The van der Waals surface area contributed by atoms with Crippen LogP contribution in [0.1, 0.15) is 51.0 Å². The van der Waals surface area contributed by atoms with E-state index in [1.165, 1.54) is 0 Å². The van der Waals surface area contributed by atoms with Crippen molar-refractivity contribution in [2.75, 3.05) is 18.5 Å². The minimum Gasteiger partial charge on any atom is -0.490 e. The van der Waals surface area contributed by atoms with Crippen LogP contribution in [0.3, 0.4) is 0 Å². The molecule has 0 aromatic heterocycles.